The molecule has 1 heterocycles. The van der Waals surface area contributed by atoms with Crippen molar-refractivity contribution >= 4 is 5.82 Å². The van der Waals surface area contributed by atoms with Crippen molar-refractivity contribution in [2.45, 2.75) is 32.8 Å². The Balaban J connectivity index is 2.57. The van der Waals surface area contributed by atoms with E-state index in [4.69, 9.17) is 4.74 Å². The van der Waals surface area contributed by atoms with Crippen molar-refractivity contribution in [3.05, 3.63) is 18.3 Å². The molecule has 3 heteroatoms. The van der Waals surface area contributed by atoms with Crippen molar-refractivity contribution in [3.63, 3.8) is 0 Å². The molecule has 1 aromatic heterocycles. The molecule has 1 atom stereocenters. The number of hydrogen-bond donors (Lipinski definition) is 1. The zero-order chi connectivity index (χ0) is 10.4. The second-order valence-corrected chi connectivity index (χ2v) is 3.34. The molecule has 0 radical (unpaired) electrons. The molecule has 0 saturated carbocycles. The van der Waals surface area contributed by atoms with E-state index in [1.807, 2.05) is 19.2 Å². The van der Waals surface area contributed by atoms with Crippen LogP contribution in [0.15, 0.2) is 18.3 Å². The second-order valence-electron chi connectivity index (χ2n) is 3.34. The maximum Gasteiger partial charge on any atom is 0.129 e. The fraction of sp³-hybridized carbons (Fsp3) is 0.545. The smallest absolute Gasteiger partial charge is 0.129 e. The van der Waals surface area contributed by atoms with Crippen molar-refractivity contribution < 1.29 is 4.74 Å². The summed E-state index contributed by atoms with van der Waals surface area (Å²) < 4.78 is 5.72. The van der Waals surface area contributed by atoms with E-state index in [-0.39, 0.29) is 6.10 Å². The molecule has 14 heavy (non-hydrogen) atoms. The Morgan fingerprint density at radius 2 is 2.36 bits per heavy atom. The van der Waals surface area contributed by atoms with Gasteiger partial charge in [-0.15, -0.1) is 0 Å². The van der Waals surface area contributed by atoms with Gasteiger partial charge in [0.15, 0.2) is 0 Å². The molecule has 0 bridgehead atoms. The topological polar surface area (TPSA) is 34.1 Å². The summed E-state index contributed by atoms with van der Waals surface area (Å²) in [5.41, 5.74) is 0. The van der Waals surface area contributed by atoms with Crippen LogP contribution in [-0.4, -0.2) is 18.1 Å². The summed E-state index contributed by atoms with van der Waals surface area (Å²) >= 11 is 0. The van der Waals surface area contributed by atoms with Gasteiger partial charge in [0.25, 0.3) is 0 Å². The Labute approximate surface area is 85.5 Å². The maximum absolute atomic E-state index is 5.72. The van der Waals surface area contributed by atoms with Gasteiger partial charge >= 0.3 is 0 Å². The molecule has 0 amide bonds. The molecule has 0 saturated heterocycles. The molecule has 78 valence electrons. The molecule has 0 aliphatic heterocycles. The van der Waals surface area contributed by atoms with Gasteiger partial charge in [-0.3, -0.25) is 0 Å². The van der Waals surface area contributed by atoms with Crippen LogP contribution in [0.5, 0.6) is 5.75 Å². The quantitative estimate of drug-likeness (QED) is 0.782. The molecule has 0 fully saturated rings. The zero-order valence-electron chi connectivity index (χ0n) is 9.08. The van der Waals surface area contributed by atoms with E-state index in [1.165, 1.54) is 0 Å². The average molecular weight is 194 g/mol. The Morgan fingerprint density at radius 1 is 1.57 bits per heavy atom. The minimum atomic E-state index is 0.270. The average Bonchev–Trinajstić information content (AvgIpc) is 2.18. The number of pyridine rings is 1. The fourth-order valence-corrected chi connectivity index (χ4v) is 1.32. The van der Waals surface area contributed by atoms with Crippen LogP contribution < -0.4 is 10.1 Å². The second kappa shape index (κ2) is 5.47. The summed E-state index contributed by atoms with van der Waals surface area (Å²) in [5.74, 6) is 1.72. The summed E-state index contributed by atoms with van der Waals surface area (Å²) in [4.78, 5) is 4.12. The van der Waals surface area contributed by atoms with Gasteiger partial charge in [-0.25, -0.2) is 4.98 Å². The standard InChI is InChI=1S/C11H18N2O/c1-4-5-9(2)14-10-6-7-13-11(8-10)12-3/h6-9H,4-5H2,1-3H3,(H,12,13). The van der Waals surface area contributed by atoms with E-state index in [9.17, 15) is 0 Å². The van der Waals surface area contributed by atoms with Gasteiger partial charge in [0.1, 0.15) is 11.6 Å². The van der Waals surface area contributed by atoms with Crippen LogP contribution in [0.4, 0.5) is 5.82 Å². The highest BCUT2D eigenvalue weighted by Crippen LogP contribution is 2.16. The molecule has 0 aliphatic carbocycles. The van der Waals surface area contributed by atoms with Gasteiger partial charge in [-0.05, 0) is 19.4 Å². The zero-order valence-corrected chi connectivity index (χ0v) is 9.08. The monoisotopic (exact) mass is 194 g/mol. The molecule has 3 nitrogen and oxygen atoms in total. The first-order valence-corrected chi connectivity index (χ1v) is 5.06. The van der Waals surface area contributed by atoms with Crippen LogP contribution in [0.2, 0.25) is 0 Å². The van der Waals surface area contributed by atoms with Crippen molar-refractivity contribution in [1.29, 1.82) is 0 Å². The molecular weight excluding hydrogens is 176 g/mol. The van der Waals surface area contributed by atoms with E-state index in [2.05, 4.69) is 24.1 Å². The number of hydrogen-bond acceptors (Lipinski definition) is 3. The maximum atomic E-state index is 5.72. The largest absolute Gasteiger partial charge is 0.491 e. The predicted molar refractivity (Wildman–Crippen MR) is 58.8 cm³/mol. The van der Waals surface area contributed by atoms with E-state index >= 15 is 0 Å². The highest BCUT2D eigenvalue weighted by molar-refractivity contribution is 5.39. The molecule has 0 aromatic carbocycles. The third-order valence-electron chi connectivity index (χ3n) is 2.02. The number of nitrogens with one attached hydrogen (secondary N) is 1. The summed E-state index contributed by atoms with van der Waals surface area (Å²) in [5, 5.41) is 2.98. The Kier molecular flexibility index (Phi) is 4.23. The Morgan fingerprint density at radius 3 is 3.00 bits per heavy atom. The van der Waals surface area contributed by atoms with E-state index in [0.29, 0.717) is 0 Å². The number of aromatic nitrogens is 1. The third kappa shape index (κ3) is 3.24. The lowest BCUT2D eigenvalue weighted by Crippen LogP contribution is -2.11. The fourth-order valence-electron chi connectivity index (χ4n) is 1.32. The molecule has 0 aliphatic rings. The summed E-state index contributed by atoms with van der Waals surface area (Å²) in [6.45, 7) is 4.24. The lowest BCUT2D eigenvalue weighted by Gasteiger charge is -2.13. The molecular formula is C11H18N2O. The summed E-state index contributed by atoms with van der Waals surface area (Å²) in [7, 11) is 1.85. The van der Waals surface area contributed by atoms with Gasteiger partial charge in [0.05, 0.1) is 6.10 Å². The van der Waals surface area contributed by atoms with Gasteiger partial charge in [0.2, 0.25) is 0 Å². The van der Waals surface area contributed by atoms with Gasteiger partial charge in [-0.1, -0.05) is 13.3 Å². The molecule has 0 spiro atoms. The van der Waals surface area contributed by atoms with Crippen LogP contribution in [0, 0.1) is 0 Å². The van der Waals surface area contributed by atoms with E-state index in [0.717, 1.165) is 24.4 Å². The van der Waals surface area contributed by atoms with Crippen LogP contribution in [0.3, 0.4) is 0 Å². The van der Waals surface area contributed by atoms with Crippen LogP contribution >= 0.6 is 0 Å². The highest BCUT2D eigenvalue weighted by atomic mass is 16.5. The molecule has 1 N–H and O–H groups in total. The van der Waals surface area contributed by atoms with Crippen LogP contribution in [0.25, 0.3) is 0 Å². The summed E-state index contributed by atoms with van der Waals surface area (Å²) in [6.07, 6.45) is 4.24. The molecule has 1 rings (SSSR count). The van der Waals surface area contributed by atoms with Crippen LogP contribution in [-0.2, 0) is 0 Å². The van der Waals surface area contributed by atoms with Crippen LogP contribution in [0.1, 0.15) is 26.7 Å². The van der Waals surface area contributed by atoms with E-state index in [1.54, 1.807) is 6.20 Å². The first kappa shape index (κ1) is 10.8. The van der Waals surface area contributed by atoms with Crippen molar-refractivity contribution in [3.8, 4) is 5.75 Å². The lowest BCUT2D eigenvalue weighted by atomic mass is 10.2. The minimum absolute atomic E-state index is 0.270. The van der Waals surface area contributed by atoms with Gasteiger partial charge in [-0.2, -0.15) is 0 Å². The van der Waals surface area contributed by atoms with Gasteiger partial charge < -0.3 is 10.1 Å². The van der Waals surface area contributed by atoms with Crippen molar-refractivity contribution in [2.75, 3.05) is 12.4 Å². The third-order valence-corrected chi connectivity index (χ3v) is 2.02. The first-order valence-electron chi connectivity index (χ1n) is 5.06. The highest BCUT2D eigenvalue weighted by Gasteiger charge is 2.02. The molecule has 1 aromatic rings. The Hall–Kier alpha value is -1.25. The SMILES string of the molecule is CCCC(C)Oc1ccnc(NC)c1. The summed E-state index contributed by atoms with van der Waals surface area (Å²) in [6, 6.07) is 3.79. The van der Waals surface area contributed by atoms with Gasteiger partial charge in [0, 0.05) is 19.3 Å². The number of ether oxygens (including phenoxy) is 1. The number of anilines is 1. The first-order chi connectivity index (χ1) is 6.76. The number of nitrogens with zero attached hydrogens (tertiary/aromatic N) is 1. The predicted octanol–water partition coefficient (Wildman–Crippen LogP) is 2.69. The van der Waals surface area contributed by atoms with Crippen molar-refractivity contribution in [1.82, 2.24) is 4.98 Å². The van der Waals surface area contributed by atoms with E-state index < -0.39 is 0 Å². The lowest BCUT2D eigenvalue weighted by molar-refractivity contribution is 0.210. The Bertz CT molecular complexity index is 276. The minimum Gasteiger partial charge on any atom is -0.491 e. The normalized spacial score (nSPS) is 12.2. The molecule has 1 unspecified atom stereocenters. The van der Waals surface area contributed by atoms with Crippen molar-refractivity contribution in [2.24, 2.45) is 0 Å². The number of rotatable bonds is 5.